The van der Waals surface area contributed by atoms with Crippen LogP contribution in [-0.2, 0) is 25.5 Å². The number of ether oxygens (including phenoxy) is 1. The van der Waals surface area contributed by atoms with Crippen molar-refractivity contribution in [3.8, 4) is 0 Å². The fraction of sp³-hybridized carbons (Fsp3) is 0.522. The predicted molar refractivity (Wildman–Crippen MR) is 113 cm³/mol. The molecular formula is C23H32N2O5. The molecule has 2 rings (SSSR count). The number of benzene rings is 1. The Kier molecular flexibility index (Phi) is 10.1. The first kappa shape index (κ1) is 23.6. The van der Waals surface area contributed by atoms with Gasteiger partial charge in [0.1, 0.15) is 6.10 Å². The lowest BCUT2D eigenvalue weighted by Gasteiger charge is -2.20. The summed E-state index contributed by atoms with van der Waals surface area (Å²) < 4.78 is 5.27. The lowest BCUT2D eigenvalue weighted by atomic mass is 9.98. The summed E-state index contributed by atoms with van der Waals surface area (Å²) in [5.74, 6) is -1.32. The molecule has 0 spiro atoms. The van der Waals surface area contributed by atoms with Crippen LogP contribution in [0.3, 0.4) is 0 Å². The Balaban J connectivity index is 1.95. The van der Waals surface area contributed by atoms with Gasteiger partial charge in [0.2, 0.25) is 11.8 Å². The van der Waals surface area contributed by atoms with E-state index in [1.807, 2.05) is 42.5 Å². The summed E-state index contributed by atoms with van der Waals surface area (Å²) >= 11 is 0. The van der Waals surface area contributed by atoms with Gasteiger partial charge in [-0.25, -0.2) is 0 Å². The first-order valence-electron chi connectivity index (χ1n) is 10.5. The molecule has 3 N–H and O–H groups in total. The Morgan fingerprint density at radius 2 is 2.03 bits per heavy atom. The van der Waals surface area contributed by atoms with Crippen molar-refractivity contribution in [1.29, 1.82) is 0 Å². The predicted octanol–water partition coefficient (Wildman–Crippen LogP) is 1.89. The molecule has 1 aliphatic heterocycles. The van der Waals surface area contributed by atoms with Crippen LogP contribution in [0.25, 0.3) is 0 Å². The third-order valence-electron chi connectivity index (χ3n) is 4.95. The van der Waals surface area contributed by atoms with E-state index in [0.29, 0.717) is 32.1 Å². The smallest absolute Gasteiger partial charge is 0.306 e. The maximum atomic E-state index is 12.6. The summed E-state index contributed by atoms with van der Waals surface area (Å²) in [5, 5.41) is 15.2. The largest absolute Gasteiger partial charge is 0.461 e. The third kappa shape index (κ3) is 8.78. The van der Waals surface area contributed by atoms with Gasteiger partial charge in [-0.1, -0.05) is 42.5 Å². The number of carbonyl (C=O) groups excluding carboxylic acids is 3. The minimum Gasteiger partial charge on any atom is -0.461 e. The van der Waals surface area contributed by atoms with Crippen LogP contribution in [0.5, 0.6) is 0 Å². The SMILES string of the molecule is C[C@H]1CNC(=O)[C@@H](CC(=O)N[C@@H](CO)Cc2ccccc2)CC=CCCCC(=O)O1. The summed E-state index contributed by atoms with van der Waals surface area (Å²) in [6.07, 6.45) is 6.12. The van der Waals surface area contributed by atoms with E-state index in [2.05, 4.69) is 10.6 Å². The number of aliphatic hydroxyl groups is 1. The Morgan fingerprint density at radius 1 is 1.27 bits per heavy atom. The van der Waals surface area contributed by atoms with Gasteiger partial charge in [0.05, 0.1) is 25.1 Å². The molecule has 1 heterocycles. The monoisotopic (exact) mass is 416 g/mol. The van der Waals surface area contributed by atoms with Crippen molar-refractivity contribution >= 4 is 17.8 Å². The molecule has 0 aliphatic carbocycles. The van der Waals surface area contributed by atoms with Crippen LogP contribution in [0.1, 0.15) is 44.6 Å². The molecule has 0 fully saturated rings. The molecular weight excluding hydrogens is 384 g/mol. The molecule has 0 saturated carbocycles. The molecule has 1 aliphatic rings. The van der Waals surface area contributed by atoms with Crippen molar-refractivity contribution in [3.63, 3.8) is 0 Å². The Labute approximate surface area is 177 Å². The van der Waals surface area contributed by atoms with Gasteiger partial charge in [0.15, 0.2) is 0 Å². The molecule has 30 heavy (non-hydrogen) atoms. The molecule has 7 nitrogen and oxygen atoms in total. The third-order valence-corrected chi connectivity index (χ3v) is 4.95. The molecule has 1 aromatic rings. The molecule has 0 bridgehead atoms. The summed E-state index contributed by atoms with van der Waals surface area (Å²) in [5.41, 5.74) is 1.02. The summed E-state index contributed by atoms with van der Waals surface area (Å²) in [4.78, 5) is 36.9. The normalized spacial score (nSPS) is 21.9. The number of amides is 2. The van der Waals surface area contributed by atoms with E-state index >= 15 is 0 Å². The number of hydrogen-bond donors (Lipinski definition) is 3. The van der Waals surface area contributed by atoms with Gasteiger partial charge in [-0.3, -0.25) is 14.4 Å². The van der Waals surface area contributed by atoms with Crippen LogP contribution in [0.4, 0.5) is 0 Å². The number of cyclic esters (lactones) is 1. The zero-order chi connectivity index (χ0) is 21.8. The minimum absolute atomic E-state index is 0.0234. The molecule has 0 aromatic heterocycles. The summed E-state index contributed by atoms with van der Waals surface area (Å²) in [6.45, 7) is 1.76. The minimum atomic E-state index is -0.527. The summed E-state index contributed by atoms with van der Waals surface area (Å²) in [7, 11) is 0. The Bertz CT molecular complexity index is 720. The van der Waals surface area contributed by atoms with Gasteiger partial charge >= 0.3 is 5.97 Å². The van der Waals surface area contributed by atoms with Crippen LogP contribution in [0, 0.1) is 5.92 Å². The maximum absolute atomic E-state index is 12.6. The van der Waals surface area contributed by atoms with E-state index < -0.39 is 18.1 Å². The van der Waals surface area contributed by atoms with E-state index in [4.69, 9.17) is 4.74 Å². The number of aliphatic hydroxyl groups excluding tert-OH is 1. The Hall–Kier alpha value is -2.67. The second-order valence-corrected chi connectivity index (χ2v) is 7.68. The number of rotatable bonds is 6. The summed E-state index contributed by atoms with van der Waals surface area (Å²) in [6, 6.07) is 9.21. The highest BCUT2D eigenvalue weighted by molar-refractivity contribution is 5.86. The first-order chi connectivity index (χ1) is 14.5. The number of hydrogen-bond acceptors (Lipinski definition) is 5. The van der Waals surface area contributed by atoms with Crippen molar-refractivity contribution in [2.75, 3.05) is 13.2 Å². The van der Waals surface area contributed by atoms with Crippen molar-refractivity contribution < 1.29 is 24.2 Å². The van der Waals surface area contributed by atoms with E-state index in [-0.39, 0.29) is 37.4 Å². The topological polar surface area (TPSA) is 105 Å². The van der Waals surface area contributed by atoms with Crippen LogP contribution in [0.2, 0.25) is 0 Å². The number of nitrogens with one attached hydrogen (secondary N) is 2. The van der Waals surface area contributed by atoms with Crippen LogP contribution in [-0.4, -0.2) is 48.2 Å². The fourth-order valence-electron chi connectivity index (χ4n) is 3.31. The molecule has 1 aromatic carbocycles. The van der Waals surface area contributed by atoms with Gasteiger partial charge in [0.25, 0.3) is 0 Å². The second kappa shape index (κ2) is 12.8. The van der Waals surface area contributed by atoms with Crippen molar-refractivity contribution in [2.45, 2.75) is 57.6 Å². The first-order valence-corrected chi connectivity index (χ1v) is 10.5. The van der Waals surface area contributed by atoms with Crippen molar-refractivity contribution in [1.82, 2.24) is 10.6 Å². The number of carbonyl (C=O) groups is 3. The lowest BCUT2D eigenvalue weighted by Crippen LogP contribution is -2.42. The molecule has 3 atom stereocenters. The molecule has 0 radical (unpaired) electrons. The average Bonchev–Trinajstić information content (AvgIpc) is 2.74. The van der Waals surface area contributed by atoms with Gasteiger partial charge in [-0.15, -0.1) is 0 Å². The van der Waals surface area contributed by atoms with E-state index in [0.717, 1.165) is 5.56 Å². The van der Waals surface area contributed by atoms with E-state index in [1.165, 1.54) is 0 Å². The Morgan fingerprint density at radius 3 is 2.77 bits per heavy atom. The van der Waals surface area contributed by atoms with Gasteiger partial charge in [-0.05, 0) is 38.2 Å². The second-order valence-electron chi connectivity index (χ2n) is 7.68. The van der Waals surface area contributed by atoms with Gasteiger partial charge < -0.3 is 20.5 Å². The van der Waals surface area contributed by atoms with Crippen LogP contribution in [0.15, 0.2) is 42.5 Å². The molecule has 2 amide bonds. The van der Waals surface area contributed by atoms with E-state index in [9.17, 15) is 19.5 Å². The lowest BCUT2D eigenvalue weighted by molar-refractivity contribution is -0.148. The van der Waals surface area contributed by atoms with Crippen molar-refractivity contribution in [3.05, 3.63) is 48.0 Å². The molecule has 164 valence electrons. The molecule has 0 saturated heterocycles. The quantitative estimate of drug-likeness (QED) is 0.485. The van der Waals surface area contributed by atoms with Crippen molar-refractivity contribution in [2.24, 2.45) is 5.92 Å². The zero-order valence-corrected chi connectivity index (χ0v) is 17.5. The molecule has 7 heteroatoms. The number of allylic oxidation sites excluding steroid dienone is 2. The van der Waals surface area contributed by atoms with Gasteiger partial charge in [-0.2, -0.15) is 0 Å². The standard InChI is InChI=1S/C23H32N2O5/c1-17-15-24-23(29)19(11-7-2-3-8-12-22(28)30-17)14-21(27)25-20(16-26)13-18-9-5-4-6-10-18/h2,4-7,9-10,17,19-20,26H,3,8,11-16H2,1H3,(H,24,29)(H,25,27)/t17-,19+,20+/m0/s1. The van der Waals surface area contributed by atoms with Gasteiger partial charge in [0, 0.05) is 12.8 Å². The number of esters is 1. The highest BCUT2D eigenvalue weighted by Crippen LogP contribution is 2.13. The molecule has 0 unspecified atom stereocenters. The fourth-order valence-corrected chi connectivity index (χ4v) is 3.31. The highest BCUT2D eigenvalue weighted by atomic mass is 16.5. The maximum Gasteiger partial charge on any atom is 0.306 e. The zero-order valence-electron chi connectivity index (χ0n) is 17.5. The average molecular weight is 417 g/mol. The highest BCUT2D eigenvalue weighted by Gasteiger charge is 2.23. The van der Waals surface area contributed by atoms with E-state index in [1.54, 1.807) is 6.92 Å². The van der Waals surface area contributed by atoms with Crippen LogP contribution < -0.4 is 10.6 Å². The van der Waals surface area contributed by atoms with Crippen LogP contribution >= 0.6 is 0 Å².